The largest absolute Gasteiger partial charge is 0.493 e. The highest BCUT2D eigenvalue weighted by molar-refractivity contribution is 6.35. The Morgan fingerprint density at radius 3 is 2.78 bits per heavy atom. The molecule has 1 fully saturated rings. The first-order valence-corrected chi connectivity index (χ1v) is 9.37. The fourth-order valence-electron chi connectivity index (χ4n) is 4.46. The van der Waals surface area contributed by atoms with Crippen molar-refractivity contribution in [2.24, 2.45) is 16.1 Å². The quantitative estimate of drug-likeness (QED) is 0.675. The monoisotopic (exact) mass is 380 g/mol. The molecule has 2 aromatic heterocycles. The van der Waals surface area contributed by atoms with Crippen LogP contribution >= 0.6 is 11.6 Å². The number of hydrogen-bond acceptors (Lipinski definition) is 5. The third-order valence-corrected chi connectivity index (χ3v) is 6.52. The van der Waals surface area contributed by atoms with Crippen molar-refractivity contribution in [3.63, 3.8) is 0 Å². The van der Waals surface area contributed by atoms with Crippen molar-refractivity contribution in [3.05, 3.63) is 47.2 Å². The summed E-state index contributed by atoms with van der Waals surface area (Å²) in [4.78, 5) is 12.3. The molecule has 0 bridgehead atoms. The summed E-state index contributed by atoms with van der Waals surface area (Å²) in [6, 6.07) is 8.51. The molecule has 0 radical (unpaired) electrons. The number of nitrogens with one attached hydrogen (secondary N) is 1. The van der Waals surface area contributed by atoms with E-state index in [2.05, 4.69) is 22.1 Å². The predicted molar refractivity (Wildman–Crippen MR) is 103 cm³/mol. The SMILES string of the molecule is NC1=NC2(CO1)c1cc(-c3cnc4[nH]cc(Cl)c4c3)ccc1OCC21CC1. The summed E-state index contributed by atoms with van der Waals surface area (Å²) in [5.41, 5.74) is 9.32. The summed E-state index contributed by atoms with van der Waals surface area (Å²) < 4.78 is 11.7. The van der Waals surface area contributed by atoms with Crippen LogP contribution in [0.15, 0.2) is 41.7 Å². The van der Waals surface area contributed by atoms with Gasteiger partial charge in [-0.1, -0.05) is 17.7 Å². The predicted octanol–water partition coefficient (Wildman–Crippen LogP) is 3.60. The van der Waals surface area contributed by atoms with Gasteiger partial charge in [-0.25, -0.2) is 9.98 Å². The lowest BCUT2D eigenvalue weighted by Gasteiger charge is -2.39. The number of pyridine rings is 1. The number of nitrogens with zero attached hydrogens (tertiary/aromatic N) is 2. The molecule has 6 rings (SSSR count). The number of aliphatic imine (C=N–C) groups is 1. The Bertz CT molecular complexity index is 1130. The number of benzene rings is 1. The van der Waals surface area contributed by atoms with E-state index in [9.17, 15) is 0 Å². The molecule has 1 aliphatic carbocycles. The Balaban J connectivity index is 1.54. The van der Waals surface area contributed by atoms with Gasteiger partial charge in [0.1, 0.15) is 23.5 Å². The molecule has 1 unspecified atom stereocenters. The number of aromatic nitrogens is 2. The second kappa shape index (κ2) is 4.95. The second-order valence-electron chi connectivity index (χ2n) is 7.64. The highest BCUT2D eigenvalue weighted by atomic mass is 35.5. The molecule has 6 nitrogen and oxygen atoms in total. The van der Waals surface area contributed by atoms with Crippen LogP contribution in [0.3, 0.4) is 0 Å². The van der Waals surface area contributed by atoms with Gasteiger partial charge in [-0.3, -0.25) is 0 Å². The van der Waals surface area contributed by atoms with Crippen molar-refractivity contribution in [2.75, 3.05) is 13.2 Å². The van der Waals surface area contributed by atoms with Crippen molar-refractivity contribution in [2.45, 2.75) is 18.4 Å². The average molecular weight is 381 g/mol. The molecule has 1 aromatic carbocycles. The molecule has 3 aromatic rings. The van der Waals surface area contributed by atoms with E-state index in [0.29, 0.717) is 18.2 Å². The van der Waals surface area contributed by atoms with Crippen LogP contribution < -0.4 is 10.5 Å². The number of aromatic amines is 1. The highest BCUT2D eigenvalue weighted by Crippen LogP contribution is 2.65. The lowest BCUT2D eigenvalue weighted by atomic mass is 9.74. The van der Waals surface area contributed by atoms with Crippen LogP contribution in [-0.4, -0.2) is 29.2 Å². The zero-order chi connectivity index (χ0) is 18.2. The third kappa shape index (κ3) is 1.96. The van der Waals surface area contributed by atoms with Crippen LogP contribution in [-0.2, 0) is 10.3 Å². The van der Waals surface area contributed by atoms with E-state index >= 15 is 0 Å². The second-order valence-corrected chi connectivity index (χ2v) is 8.04. The van der Waals surface area contributed by atoms with E-state index in [0.717, 1.165) is 46.3 Å². The number of H-pyrrole nitrogens is 1. The molecule has 3 aliphatic rings. The number of halogens is 1. The Morgan fingerprint density at radius 1 is 1.11 bits per heavy atom. The smallest absolute Gasteiger partial charge is 0.283 e. The minimum Gasteiger partial charge on any atom is -0.493 e. The van der Waals surface area contributed by atoms with Crippen molar-refractivity contribution >= 4 is 28.7 Å². The summed E-state index contributed by atoms with van der Waals surface area (Å²) in [5, 5.41) is 1.57. The zero-order valence-electron chi connectivity index (χ0n) is 14.5. The van der Waals surface area contributed by atoms with Crippen LogP contribution in [0.4, 0.5) is 0 Å². The summed E-state index contributed by atoms with van der Waals surface area (Å²) in [5.74, 6) is 0.854. The number of ether oxygens (including phenoxy) is 2. The highest BCUT2D eigenvalue weighted by Gasteiger charge is 2.66. The maximum absolute atomic E-state index is 6.27. The Hall–Kier alpha value is -2.73. The first-order chi connectivity index (χ1) is 13.1. The Morgan fingerprint density at radius 2 is 2.00 bits per heavy atom. The van der Waals surface area contributed by atoms with E-state index in [1.807, 2.05) is 18.3 Å². The third-order valence-electron chi connectivity index (χ3n) is 6.20. The van der Waals surface area contributed by atoms with Gasteiger partial charge >= 0.3 is 0 Å². The summed E-state index contributed by atoms with van der Waals surface area (Å²) in [6.45, 7) is 1.13. The van der Waals surface area contributed by atoms with Gasteiger partial charge in [-0.05, 0) is 36.6 Å². The molecular formula is C20H17ClN4O2. The van der Waals surface area contributed by atoms with E-state index in [1.165, 1.54) is 0 Å². The molecule has 1 atom stereocenters. The standard InChI is InChI=1S/C20H17ClN4O2/c21-15-8-24-17-13(15)5-12(7-23-17)11-1-2-16-14(6-11)20(10-27-18(22)25-20)19(3-4-19)9-26-16/h1-2,5-8H,3-4,9-10H2,(H2,22,25)(H,23,24). The van der Waals surface area contributed by atoms with Gasteiger partial charge in [-0.2, -0.15) is 0 Å². The van der Waals surface area contributed by atoms with Crippen LogP contribution in [0.5, 0.6) is 5.75 Å². The molecule has 27 heavy (non-hydrogen) atoms. The van der Waals surface area contributed by atoms with E-state index in [1.54, 1.807) is 6.20 Å². The van der Waals surface area contributed by atoms with Crippen LogP contribution in [0.25, 0.3) is 22.2 Å². The lowest BCUT2D eigenvalue weighted by Crippen LogP contribution is -2.44. The molecule has 136 valence electrons. The molecule has 1 saturated carbocycles. The fourth-order valence-corrected chi connectivity index (χ4v) is 4.66. The maximum atomic E-state index is 6.27. The summed E-state index contributed by atoms with van der Waals surface area (Å²) in [7, 11) is 0. The molecule has 3 N–H and O–H groups in total. The van der Waals surface area contributed by atoms with E-state index in [4.69, 9.17) is 31.8 Å². The van der Waals surface area contributed by atoms with Crippen LogP contribution in [0.2, 0.25) is 5.02 Å². The summed E-state index contributed by atoms with van der Waals surface area (Å²) >= 11 is 6.27. The van der Waals surface area contributed by atoms with Gasteiger partial charge < -0.3 is 20.2 Å². The molecule has 0 saturated heterocycles. The van der Waals surface area contributed by atoms with Crippen LogP contribution in [0, 0.1) is 5.41 Å². The minimum atomic E-state index is -0.454. The van der Waals surface area contributed by atoms with Gasteiger partial charge in [0.15, 0.2) is 0 Å². The molecule has 7 heteroatoms. The number of nitrogens with two attached hydrogens (primary N) is 1. The average Bonchev–Trinajstić information content (AvgIpc) is 3.24. The van der Waals surface area contributed by atoms with Gasteiger partial charge in [0.25, 0.3) is 6.02 Å². The first-order valence-electron chi connectivity index (χ1n) is 8.99. The molecule has 4 heterocycles. The van der Waals surface area contributed by atoms with Crippen molar-refractivity contribution in [1.82, 2.24) is 9.97 Å². The number of rotatable bonds is 1. The number of amidine groups is 1. The van der Waals surface area contributed by atoms with Gasteiger partial charge in [0.05, 0.1) is 11.6 Å². The topological polar surface area (TPSA) is 85.5 Å². The van der Waals surface area contributed by atoms with Gasteiger partial charge in [-0.15, -0.1) is 0 Å². The number of hydrogen-bond donors (Lipinski definition) is 2. The summed E-state index contributed by atoms with van der Waals surface area (Å²) in [6.07, 6.45) is 5.75. The number of fused-ring (bicyclic) bond motifs is 4. The molecule has 2 aliphatic heterocycles. The van der Waals surface area contributed by atoms with Crippen molar-refractivity contribution < 1.29 is 9.47 Å². The zero-order valence-corrected chi connectivity index (χ0v) is 15.2. The molecule has 2 spiro atoms. The Labute approximate surface area is 160 Å². The van der Waals surface area contributed by atoms with Gasteiger partial charge in [0, 0.05) is 34.3 Å². The van der Waals surface area contributed by atoms with E-state index < -0.39 is 5.54 Å². The molecule has 0 amide bonds. The fraction of sp³-hybridized carbons (Fsp3) is 0.300. The van der Waals surface area contributed by atoms with Crippen molar-refractivity contribution in [1.29, 1.82) is 0 Å². The van der Waals surface area contributed by atoms with Crippen LogP contribution in [0.1, 0.15) is 18.4 Å². The van der Waals surface area contributed by atoms with Gasteiger partial charge in [0.2, 0.25) is 0 Å². The van der Waals surface area contributed by atoms with Crippen molar-refractivity contribution in [3.8, 4) is 16.9 Å². The minimum absolute atomic E-state index is 0.00804. The lowest BCUT2D eigenvalue weighted by molar-refractivity contribution is 0.0871. The Kier molecular flexibility index (Phi) is 2.81. The van der Waals surface area contributed by atoms with E-state index in [-0.39, 0.29) is 11.4 Å². The first kappa shape index (κ1) is 15.3. The maximum Gasteiger partial charge on any atom is 0.283 e. The molecular weight excluding hydrogens is 364 g/mol. The normalized spacial score (nSPS) is 24.6.